The van der Waals surface area contributed by atoms with Gasteiger partial charge in [0.15, 0.2) is 11.5 Å². The first-order chi connectivity index (χ1) is 16.7. The van der Waals surface area contributed by atoms with Crippen molar-refractivity contribution in [1.29, 1.82) is 0 Å². The number of methoxy groups -OCH3 is 3. The first kappa shape index (κ1) is 26.3. The van der Waals surface area contributed by atoms with E-state index in [1.807, 2.05) is 0 Å². The summed E-state index contributed by atoms with van der Waals surface area (Å²) in [6.45, 7) is 0.0659. The number of rotatable bonds is 10. The first-order valence-corrected chi connectivity index (χ1v) is 12.2. The maximum atomic E-state index is 14.4. The first-order valence-electron chi connectivity index (χ1n) is 10.3. The van der Waals surface area contributed by atoms with E-state index in [-0.39, 0.29) is 17.1 Å². The fraction of sp³-hybridized carbons (Fsp3) is 0.208. The summed E-state index contributed by atoms with van der Waals surface area (Å²) in [4.78, 5) is 12.5. The topological polar surface area (TPSA) is 103 Å². The van der Waals surface area contributed by atoms with Crippen LogP contribution in [0, 0.1) is 5.82 Å². The van der Waals surface area contributed by atoms with E-state index in [2.05, 4.69) is 10.0 Å². The molecule has 8 nitrogen and oxygen atoms in total. The Kier molecular flexibility index (Phi) is 8.55. The number of halogens is 2. The molecule has 35 heavy (non-hydrogen) atoms. The minimum absolute atomic E-state index is 0.0659. The molecular formula is C24H24ClFN2O6S. The van der Waals surface area contributed by atoms with Crippen molar-refractivity contribution in [3.63, 3.8) is 0 Å². The van der Waals surface area contributed by atoms with Gasteiger partial charge in [0.05, 0.1) is 37.5 Å². The third-order valence-corrected chi connectivity index (χ3v) is 6.75. The number of carbonyl (C=O) groups excluding carboxylic acids is 1. The normalized spacial score (nSPS) is 11.1. The monoisotopic (exact) mass is 522 g/mol. The fourth-order valence-corrected chi connectivity index (χ4v) is 4.49. The maximum Gasteiger partial charge on any atom is 0.258 e. The summed E-state index contributed by atoms with van der Waals surface area (Å²) in [7, 11) is 0.412. The van der Waals surface area contributed by atoms with Crippen molar-refractivity contribution in [3.8, 4) is 17.2 Å². The fourth-order valence-electron chi connectivity index (χ4n) is 3.26. The van der Waals surface area contributed by atoms with E-state index in [0.717, 1.165) is 23.8 Å². The molecule has 2 N–H and O–H groups in total. The molecule has 0 atom stereocenters. The van der Waals surface area contributed by atoms with E-state index in [0.29, 0.717) is 28.7 Å². The smallest absolute Gasteiger partial charge is 0.258 e. The lowest BCUT2D eigenvalue weighted by Gasteiger charge is -2.13. The van der Waals surface area contributed by atoms with Crippen LogP contribution >= 0.6 is 11.6 Å². The van der Waals surface area contributed by atoms with Crippen LogP contribution in [0.5, 0.6) is 17.2 Å². The van der Waals surface area contributed by atoms with E-state index in [9.17, 15) is 17.6 Å². The maximum absolute atomic E-state index is 14.4. The molecule has 0 aliphatic carbocycles. The van der Waals surface area contributed by atoms with Crippen molar-refractivity contribution in [2.24, 2.45) is 0 Å². The molecule has 3 rings (SSSR count). The third kappa shape index (κ3) is 6.41. The Balaban J connectivity index is 1.74. The molecule has 0 radical (unpaired) electrons. The largest absolute Gasteiger partial charge is 0.495 e. The molecule has 0 heterocycles. The molecule has 0 saturated carbocycles. The van der Waals surface area contributed by atoms with E-state index in [1.54, 1.807) is 24.3 Å². The number of amides is 1. The van der Waals surface area contributed by atoms with Gasteiger partial charge in [0.2, 0.25) is 10.0 Å². The minimum Gasteiger partial charge on any atom is -0.495 e. The number of anilines is 1. The Bertz CT molecular complexity index is 1330. The van der Waals surface area contributed by atoms with Gasteiger partial charge in [-0.05, 0) is 60.5 Å². The summed E-state index contributed by atoms with van der Waals surface area (Å²) in [6, 6.07) is 12.8. The molecule has 0 aliphatic rings. The Morgan fingerprint density at radius 2 is 1.60 bits per heavy atom. The van der Waals surface area contributed by atoms with Crippen LogP contribution < -0.4 is 24.2 Å². The van der Waals surface area contributed by atoms with Crippen LogP contribution in [-0.4, -0.2) is 42.2 Å². The summed E-state index contributed by atoms with van der Waals surface area (Å²) in [5.41, 5.74) is 0.584. The SMILES string of the molecule is COc1ccc(Cl)cc1NC(=O)c1cc(S(=O)(=O)NCCc2ccc(OC)c(OC)c2)ccc1F. The molecule has 0 aromatic heterocycles. The number of sulfonamides is 1. The zero-order valence-corrected chi connectivity index (χ0v) is 20.8. The second kappa shape index (κ2) is 11.4. The van der Waals surface area contributed by atoms with Gasteiger partial charge in [-0.3, -0.25) is 4.79 Å². The van der Waals surface area contributed by atoms with E-state index in [4.69, 9.17) is 25.8 Å². The van der Waals surface area contributed by atoms with Gasteiger partial charge in [-0.25, -0.2) is 17.5 Å². The van der Waals surface area contributed by atoms with E-state index >= 15 is 0 Å². The standard InChI is InChI=1S/C24H24ClFN2O6S/c1-32-21-9-5-16(25)13-20(21)28-24(29)18-14-17(6-7-19(18)26)35(30,31)27-11-10-15-4-8-22(33-2)23(12-15)34-3/h4-9,12-14,27H,10-11H2,1-3H3,(H,28,29). The summed E-state index contributed by atoms with van der Waals surface area (Å²) in [5.74, 6) is -0.343. The molecule has 0 fully saturated rings. The van der Waals surface area contributed by atoms with Crippen LogP contribution in [0.2, 0.25) is 5.02 Å². The van der Waals surface area contributed by atoms with Gasteiger partial charge < -0.3 is 19.5 Å². The molecule has 0 spiro atoms. The predicted molar refractivity (Wildman–Crippen MR) is 131 cm³/mol. The highest BCUT2D eigenvalue weighted by Gasteiger charge is 2.20. The average molecular weight is 523 g/mol. The number of hydrogen-bond acceptors (Lipinski definition) is 6. The molecule has 3 aromatic rings. The molecule has 186 valence electrons. The number of nitrogens with one attached hydrogen (secondary N) is 2. The van der Waals surface area contributed by atoms with Crippen LogP contribution in [-0.2, 0) is 16.4 Å². The van der Waals surface area contributed by atoms with Crippen LogP contribution in [0.25, 0.3) is 0 Å². The summed E-state index contributed by atoms with van der Waals surface area (Å²) >= 11 is 5.96. The quantitative estimate of drug-likeness (QED) is 0.412. The highest BCUT2D eigenvalue weighted by molar-refractivity contribution is 7.89. The van der Waals surface area contributed by atoms with Crippen molar-refractivity contribution in [3.05, 3.63) is 76.6 Å². The summed E-state index contributed by atoms with van der Waals surface area (Å²) in [5, 5.41) is 2.83. The molecule has 0 bridgehead atoms. The van der Waals surface area contributed by atoms with Gasteiger partial charge in [0.25, 0.3) is 5.91 Å². The van der Waals surface area contributed by atoms with Crippen LogP contribution in [0.4, 0.5) is 10.1 Å². The third-order valence-electron chi connectivity index (χ3n) is 5.06. The molecule has 3 aromatic carbocycles. The van der Waals surface area contributed by atoms with Crippen molar-refractivity contribution < 1.29 is 31.8 Å². The Morgan fingerprint density at radius 3 is 2.29 bits per heavy atom. The van der Waals surface area contributed by atoms with Crippen LogP contribution in [0.15, 0.2) is 59.5 Å². The number of ether oxygens (including phenoxy) is 3. The van der Waals surface area contributed by atoms with Gasteiger partial charge in [-0.15, -0.1) is 0 Å². The second-order valence-corrected chi connectivity index (χ2v) is 9.48. The summed E-state index contributed by atoms with van der Waals surface area (Å²) in [6.07, 6.45) is 0.364. The zero-order chi connectivity index (χ0) is 25.6. The lowest BCUT2D eigenvalue weighted by molar-refractivity contribution is 0.102. The predicted octanol–water partition coefficient (Wildman–Crippen LogP) is 4.28. The molecular weight excluding hydrogens is 499 g/mol. The Labute approximate surface area is 208 Å². The van der Waals surface area contributed by atoms with Crippen molar-refractivity contribution in [2.75, 3.05) is 33.2 Å². The number of benzene rings is 3. The highest BCUT2D eigenvalue weighted by Crippen LogP contribution is 2.29. The Hall–Kier alpha value is -3.34. The average Bonchev–Trinajstić information content (AvgIpc) is 2.84. The molecule has 1 amide bonds. The van der Waals surface area contributed by atoms with Gasteiger partial charge in [-0.1, -0.05) is 17.7 Å². The molecule has 0 aliphatic heterocycles. The lowest BCUT2D eigenvalue weighted by Crippen LogP contribution is -2.26. The van der Waals surface area contributed by atoms with Gasteiger partial charge in [-0.2, -0.15) is 0 Å². The van der Waals surface area contributed by atoms with Crippen molar-refractivity contribution in [2.45, 2.75) is 11.3 Å². The highest BCUT2D eigenvalue weighted by atomic mass is 35.5. The minimum atomic E-state index is -4.02. The summed E-state index contributed by atoms with van der Waals surface area (Å²) < 4.78 is 58.1. The second-order valence-electron chi connectivity index (χ2n) is 7.28. The van der Waals surface area contributed by atoms with Crippen LogP contribution in [0.3, 0.4) is 0 Å². The number of hydrogen-bond donors (Lipinski definition) is 2. The van der Waals surface area contributed by atoms with E-state index in [1.165, 1.54) is 33.5 Å². The van der Waals surface area contributed by atoms with Gasteiger partial charge in [0, 0.05) is 11.6 Å². The lowest BCUT2D eigenvalue weighted by atomic mass is 10.1. The van der Waals surface area contributed by atoms with Crippen molar-refractivity contribution >= 4 is 33.2 Å². The molecule has 11 heteroatoms. The zero-order valence-electron chi connectivity index (χ0n) is 19.2. The number of carbonyl (C=O) groups is 1. The van der Waals surface area contributed by atoms with Crippen LogP contribution in [0.1, 0.15) is 15.9 Å². The van der Waals surface area contributed by atoms with Gasteiger partial charge in [0.1, 0.15) is 11.6 Å². The molecule has 0 saturated heterocycles. The Morgan fingerprint density at radius 1 is 0.914 bits per heavy atom. The van der Waals surface area contributed by atoms with Gasteiger partial charge >= 0.3 is 0 Å². The van der Waals surface area contributed by atoms with E-state index < -0.39 is 27.3 Å². The van der Waals surface area contributed by atoms with Crippen molar-refractivity contribution in [1.82, 2.24) is 4.72 Å². The molecule has 0 unspecified atom stereocenters.